The molecule has 1 N–H and O–H groups in total. The molecule has 1 aliphatic rings. The Hall–Kier alpha value is -2.33. The van der Waals surface area contributed by atoms with Gasteiger partial charge < -0.3 is 10.1 Å². The van der Waals surface area contributed by atoms with E-state index in [0.717, 1.165) is 17.9 Å². The predicted octanol–water partition coefficient (Wildman–Crippen LogP) is 4.32. The number of carbonyl (C=O) groups excluding carboxylic acids is 1. The fraction of sp³-hybridized carbons (Fsp3) is 0.458. The average Bonchev–Trinajstić information content (AvgIpc) is 2.73. The van der Waals surface area contributed by atoms with Crippen molar-refractivity contribution in [1.29, 1.82) is 0 Å². The molecule has 0 bridgehead atoms. The van der Waals surface area contributed by atoms with Crippen LogP contribution < -0.4 is 10.1 Å². The van der Waals surface area contributed by atoms with Gasteiger partial charge in [0.05, 0.1) is 7.11 Å². The van der Waals surface area contributed by atoms with Crippen LogP contribution in [0.1, 0.15) is 49.3 Å². The summed E-state index contributed by atoms with van der Waals surface area (Å²) in [6.07, 6.45) is 5.05. The molecule has 1 unspecified atom stereocenters. The van der Waals surface area contributed by atoms with Gasteiger partial charge in [0.2, 0.25) is 5.91 Å². The van der Waals surface area contributed by atoms with Crippen molar-refractivity contribution in [3.8, 4) is 5.75 Å². The summed E-state index contributed by atoms with van der Waals surface area (Å²) in [6, 6.07) is 17.0. The summed E-state index contributed by atoms with van der Waals surface area (Å²) >= 11 is 0. The Bertz CT molecular complexity index is 775. The normalized spacial score (nSPS) is 17.3. The SMILES string of the molecule is COc1ccccc1CCC(=O)NCc1ccccc1CN1CCCCC1C. The minimum atomic E-state index is 0.0760. The molecule has 0 spiro atoms. The molecule has 1 saturated heterocycles. The Morgan fingerprint density at radius 3 is 2.54 bits per heavy atom. The number of nitrogens with zero attached hydrogens (tertiary/aromatic N) is 1. The van der Waals surface area contributed by atoms with Crippen molar-refractivity contribution >= 4 is 5.91 Å². The van der Waals surface area contributed by atoms with Crippen molar-refractivity contribution < 1.29 is 9.53 Å². The molecular weight excluding hydrogens is 348 g/mol. The molecule has 1 fully saturated rings. The molecule has 4 nitrogen and oxygen atoms in total. The van der Waals surface area contributed by atoms with E-state index >= 15 is 0 Å². The maximum absolute atomic E-state index is 12.4. The topological polar surface area (TPSA) is 41.6 Å². The van der Waals surface area contributed by atoms with E-state index < -0.39 is 0 Å². The standard InChI is InChI=1S/C24H32N2O2/c1-19-9-7-8-16-26(19)18-22-12-4-3-11-21(22)17-25-24(27)15-14-20-10-5-6-13-23(20)28-2/h3-6,10-13,19H,7-9,14-18H2,1-2H3,(H,25,27). The summed E-state index contributed by atoms with van der Waals surface area (Å²) in [7, 11) is 1.67. The van der Waals surface area contributed by atoms with Gasteiger partial charge in [-0.15, -0.1) is 0 Å². The Labute approximate surface area is 168 Å². The summed E-state index contributed by atoms with van der Waals surface area (Å²) in [6.45, 7) is 5.04. The molecule has 1 atom stereocenters. The van der Waals surface area contributed by atoms with Crippen molar-refractivity contribution in [2.75, 3.05) is 13.7 Å². The van der Waals surface area contributed by atoms with Crippen LogP contribution in [0.25, 0.3) is 0 Å². The van der Waals surface area contributed by atoms with Gasteiger partial charge in [-0.2, -0.15) is 0 Å². The Kier molecular flexibility index (Phi) is 7.49. The number of piperidine rings is 1. The van der Waals surface area contributed by atoms with Crippen molar-refractivity contribution in [2.24, 2.45) is 0 Å². The summed E-state index contributed by atoms with van der Waals surface area (Å²) in [5, 5.41) is 3.10. The quantitative estimate of drug-likeness (QED) is 0.742. The molecule has 0 aromatic heterocycles. The fourth-order valence-corrected chi connectivity index (χ4v) is 3.94. The Morgan fingerprint density at radius 1 is 1.07 bits per heavy atom. The highest BCUT2D eigenvalue weighted by Crippen LogP contribution is 2.21. The number of aryl methyl sites for hydroxylation is 1. The first-order valence-corrected chi connectivity index (χ1v) is 10.4. The summed E-state index contributed by atoms with van der Waals surface area (Å²) in [4.78, 5) is 14.9. The van der Waals surface area contributed by atoms with Gasteiger partial charge in [-0.1, -0.05) is 48.9 Å². The molecule has 0 aliphatic carbocycles. The van der Waals surface area contributed by atoms with Crippen LogP contribution in [0.2, 0.25) is 0 Å². The molecular formula is C24H32N2O2. The largest absolute Gasteiger partial charge is 0.496 e. The molecule has 3 rings (SSSR count). The molecule has 1 heterocycles. The predicted molar refractivity (Wildman–Crippen MR) is 113 cm³/mol. The van der Waals surface area contributed by atoms with E-state index in [0.29, 0.717) is 25.4 Å². The summed E-state index contributed by atoms with van der Waals surface area (Å²) < 4.78 is 5.37. The van der Waals surface area contributed by atoms with Crippen LogP contribution in [-0.2, 0) is 24.3 Å². The number of nitrogens with one attached hydrogen (secondary N) is 1. The molecule has 4 heteroatoms. The van der Waals surface area contributed by atoms with Gasteiger partial charge in [0.15, 0.2) is 0 Å². The highest BCUT2D eigenvalue weighted by atomic mass is 16.5. The number of benzene rings is 2. The van der Waals surface area contributed by atoms with Crippen molar-refractivity contribution in [3.05, 3.63) is 65.2 Å². The van der Waals surface area contributed by atoms with Crippen LogP contribution >= 0.6 is 0 Å². The zero-order valence-electron chi connectivity index (χ0n) is 17.1. The maximum Gasteiger partial charge on any atom is 0.220 e. The number of likely N-dealkylation sites (tertiary alicyclic amines) is 1. The number of methoxy groups -OCH3 is 1. The number of rotatable bonds is 8. The summed E-state index contributed by atoms with van der Waals surface area (Å²) in [5.41, 5.74) is 3.60. The van der Waals surface area contributed by atoms with Gasteiger partial charge in [0, 0.05) is 25.6 Å². The van der Waals surface area contributed by atoms with E-state index in [4.69, 9.17) is 4.74 Å². The number of ether oxygens (including phenoxy) is 1. The van der Waals surface area contributed by atoms with E-state index in [1.54, 1.807) is 7.11 Å². The van der Waals surface area contributed by atoms with Crippen LogP contribution in [0.3, 0.4) is 0 Å². The van der Waals surface area contributed by atoms with Crippen LogP contribution in [0.15, 0.2) is 48.5 Å². The van der Waals surface area contributed by atoms with Gasteiger partial charge in [-0.3, -0.25) is 9.69 Å². The third-order valence-electron chi connectivity index (χ3n) is 5.72. The lowest BCUT2D eigenvalue weighted by atomic mass is 10.0. The zero-order valence-corrected chi connectivity index (χ0v) is 17.1. The van der Waals surface area contributed by atoms with E-state index in [-0.39, 0.29) is 5.91 Å². The van der Waals surface area contributed by atoms with Gasteiger partial charge >= 0.3 is 0 Å². The molecule has 0 saturated carbocycles. The molecule has 2 aromatic carbocycles. The first kappa shape index (κ1) is 20.4. The lowest BCUT2D eigenvalue weighted by molar-refractivity contribution is -0.121. The van der Waals surface area contributed by atoms with Crippen LogP contribution in [0.4, 0.5) is 0 Å². The highest BCUT2D eigenvalue weighted by molar-refractivity contribution is 5.76. The van der Waals surface area contributed by atoms with Crippen molar-refractivity contribution in [3.63, 3.8) is 0 Å². The molecule has 2 aromatic rings. The lowest BCUT2D eigenvalue weighted by Crippen LogP contribution is -2.37. The van der Waals surface area contributed by atoms with Gasteiger partial charge in [0.25, 0.3) is 0 Å². The molecule has 0 radical (unpaired) electrons. The smallest absolute Gasteiger partial charge is 0.220 e. The van der Waals surface area contributed by atoms with Gasteiger partial charge in [-0.05, 0) is 55.5 Å². The van der Waals surface area contributed by atoms with Crippen molar-refractivity contribution in [2.45, 2.75) is 58.2 Å². The third kappa shape index (κ3) is 5.59. The van der Waals surface area contributed by atoms with Crippen LogP contribution in [0, 0.1) is 0 Å². The van der Waals surface area contributed by atoms with E-state index in [1.165, 1.54) is 36.9 Å². The second-order valence-electron chi connectivity index (χ2n) is 7.67. The second kappa shape index (κ2) is 10.3. The third-order valence-corrected chi connectivity index (χ3v) is 5.72. The molecule has 150 valence electrons. The molecule has 28 heavy (non-hydrogen) atoms. The minimum absolute atomic E-state index is 0.0760. The molecule has 1 amide bonds. The first-order chi connectivity index (χ1) is 13.7. The number of para-hydroxylation sites is 1. The number of hydrogen-bond acceptors (Lipinski definition) is 3. The number of amides is 1. The lowest BCUT2D eigenvalue weighted by Gasteiger charge is -2.33. The first-order valence-electron chi connectivity index (χ1n) is 10.4. The zero-order chi connectivity index (χ0) is 19.8. The highest BCUT2D eigenvalue weighted by Gasteiger charge is 2.19. The second-order valence-corrected chi connectivity index (χ2v) is 7.67. The molecule has 1 aliphatic heterocycles. The van der Waals surface area contributed by atoms with Crippen LogP contribution in [-0.4, -0.2) is 30.5 Å². The average molecular weight is 381 g/mol. The maximum atomic E-state index is 12.4. The van der Waals surface area contributed by atoms with E-state index in [2.05, 4.69) is 41.4 Å². The summed E-state index contributed by atoms with van der Waals surface area (Å²) in [5.74, 6) is 0.920. The Balaban J connectivity index is 1.53. The minimum Gasteiger partial charge on any atom is -0.496 e. The fourth-order valence-electron chi connectivity index (χ4n) is 3.94. The van der Waals surface area contributed by atoms with Gasteiger partial charge in [0.1, 0.15) is 5.75 Å². The van der Waals surface area contributed by atoms with Crippen molar-refractivity contribution in [1.82, 2.24) is 10.2 Å². The van der Waals surface area contributed by atoms with Gasteiger partial charge in [-0.25, -0.2) is 0 Å². The monoisotopic (exact) mass is 380 g/mol. The Morgan fingerprint density at radius 2 is 1.79 bits per heavy atom. The van der Waals surface area contributed by atoms with E-state index in [9.17, 15) is 4.79 Å². The van der Waals surface area contributed by atoms with E-state index in [1.807, 2.05) is 24.3 Å². The number of carbonyl (C=O) groups is 1. The number of hydrogen-bond donors (Lipinski definition) is 1. The van der Waals surface area contributed by atoms with Crippen LogP contribution in [0.5, 0.6) is 5.75 Å².